The Morgan fingerprint density at radius 1 is 1.12 bits per heavy atom. The summed E-state index contributed by atoms with van der Waals surface area (Å²) in [5, 5.41) is 0. The van der Waals surface area contributed by atoms with Crippen LogP contribution in [0.2, 0.25) is 0 Å². The van der Waals surface area contributed by atoms with E-state index in [0.29, 0.717) is 5.69 Å². The Morgan fingerprint density at radius 2 is 1.71 bits per heavy atom. The van der Waals surface area contributed by atoms with E-state index >= 15 is 0 Å². The van der Waals surface area contributed by atoms with Gasteiger partial charge >= 0.3 is 0 Å². The first-order valence-electron chi connectivity index (χ1n) is 8.47. The number of aryl methyl sites for hydroxylation is 1. The zero-order valence-corrected chi connectivity index (χ0v) is 14.7. The largest absolute Gasteiger partial charge is 0.325 e. The number of carbonyl (C=O) groups excluding carboxylic acids is 3. The van der Waals surface area contributed by atoms with Crippen LogP contribution < -0.4 is 4.90 Å². The van der Waals surface area contributed by atoms with E-state index in [-0.39, 0.29) is 30.1 Å². The van der Waals surface area contributed by atoms with Crippen LogP contribution in [-0.4, -0.2) is 34.2 Å². The summed E-state index contributed by atoms with van der Waals surface area (Å²) in [5.74, 6) is -0.528. The molecule has 5 heteroatoms. The summed E-state index contributed by atoms with van der Waals surface area (Å²) < 4.78 is 0. The number of benzene rings is 1. The van der Waals surface area contributed by atoms with E-state index in [1.807, 2.05) is 39.8 Å². The van der Waals surface area contributed by atoms with E-state index in [1.165, 1.54) is 4.90 Å². The smallest absolute Gasteiger partial charge is 0.257 e. The second-order valence-corrected chi connectivity index (χ2v) is 7.78. The molecule has 2 aliphatic rings. The van der Waals surface area contributed by atoms with Crippen LogP contribution in [0, 0.1) is 12.8 Å². The zero-order valence-electron chi connectivity index (χ0n) is 14.7. The number of rotatable bonds is 3. The van der Waals surface area contributed by atoms with Gasteiger partial charge in [0.15, 0.2) is 0 Å². The van der Waals surface area contributed by atoms with Crippen molar-refractivity contribution < 1.29 is 14.4 Å². The maximum absolute atomic E-state index is 12.9. The molecule has 1 aliphatic carbocycles. The molecule has 1 aliphatic heterocycles. The van der Waals surface area contributed by atoms with Crippen LogP contribution in [0.4, 0.5) is 5.69 Å². The highest BCUT2D eigenvalue weighted by molar-refractivity contribution is 6.23. The third-order valence-corrected chi connectivity index (χ3v) is 4.61. The first kappa shape index (κ1) is 16.7. The van der Waals surface area contributed by atoms with Crippen molar-refractivity contribution in [3.8, 4) is 0 Å². The molecule has 1 heterocycles. The topological polar surface area (TPSA) is 57.7 Å². The van der Waals surface area contributed by atoms with E-state index in [2.05, 4.69) is 0 Å². The van der Waals surface area contributed by atoms with Gasteiger partial charge in [0.05, 0.1) is 12.1 Å². The molecule has 1 aromatic rings. The Morgan fingerprint density at radius 3 is 2.21 bits per heavy atom. The number of hydrogen-bond donors (Lipinski definition) is 0. The molecule has 24 heavy (non-hydrogen) atoms. The lowest BCUT2D eigenvalue weighted by Gasteiger charge is -2.39. The van der Waals surface area contributed by atoms with Gasteiger partial charge in [-0.2, -0.15) is 0 Å². The monoisotopic (exact) mass is 328 g/mol. The molecule has 3 rings (SSSR count). The van der Waals surface area contributed by atoms with Gasteiger partial charge in [-0.25, -0.2) is 4.90 Å². The molecule has 1 saturated carbocycles. The molecule has 128 valence electrons. The lowest BCUT2D eigenvalue weighted by Crippen LogP contribution is -2.55. The highest BCUT2D eigenvalue weighted by Crippen LogP contribution is 2.37. The van der Waals surface area contributed by atoms with Crippen LogP contribution in [0.5, 0.6) is 0 Å². The Kier molecular flexibility index (Phi) is 3.98. The molecule has 0 aromatic heterocycles. The third-order valence-electron chi connectivity index (χ3n) is 4.61. The average Bonchev–Trinajstić information content (AvgIpc) is 3.28. The molecule has 0 N–H and O–H groups in total. The minimum Gasteiger partial charge on any atom is -0.325 e. The Balaban J connectivity index is 1.91. The van der Waals surface area contributed by atoms with E-state index in [1.54, 1.807) is 17.0 Å². The fourth-order valence-corrected chi connectivity index (χ4v) is 3.26. The molecule has 0 bridgehead atoms. The van der Waals surface area contributed by atoms with Gasteiger partial charge in [0.25, 0.3) is 5.91 Å². The van der Waals surface area contributed by atoms with Gasteiger partial charge in [-0.15, -0.1) is 0 Å². The molecule has 2 fully saturated rings. The van der Waals surface area contributed by atoms with Gasteiger partial charge in [0, 0.05) is 11.5 Å². The molecule has 1 atom stereocenters. The quantitative estimate of drug-likeness (QED) is 0.802. The predicted octanol–water partition coefficient (Wildman–Crippen LogP) is 2.66. The van der Waals surface area contributed by atoms with E-state index in [9.17, 15) is 14.4 Å². The standard InChI is InChI=1S/C19H24N2O3/c1-12-5-9-14(10-6-12)20-16(22)11-15(18(20)24)21(19(2,3)4)17(23)13-7-8-13/h5-6,9-10,13,15H,7-8,11H2,1-4H3. The number of anilines is 1. The van der Waals surface area contributed by atoms with E-state index < -0.39 is 11.6 Å². The van der Waals surface area contributed by atoms with Gasteiger partial charge in [0.1, 0.15) is 6.04 Å². The molecule has 1 aromatic carbocycles. The van der Waals surface area contributed by atoms with Crippen molar-refractivity contribution in [2.45, 2.75) is 58.5 Å². The zero-order chi connectivity index (χ0) is 17.6. The molecule has 1 saturated heterocycles. The number of amides is 3. The minimum absolute atomic E-state index is 0.000550. The van der Waals surface area contributed by atoms with E-state index in [0.717, 1.165) is 18.4 Å². The van der Waals surface area contributed by atoms with Crippen LogP contribution in [0.15, 0.2) is 24.3 Å². The summed E-state index contributed by atoms with van der Waals surface area (Å²) in [6.45, 7) is 7.70. The lowest BCUT2D eigenvalue weighted by atomic mass is 10.0. The molecule has 1 unspecified atom stereocenters. The SMILES string of the molecule is Cc1ccc(N2C(=O)CC(N(C(=O)C3CC3)C(C)(C)C)C2=O)cc1. The number of imide groups is 1. The van der Waals surface area contributed by atoms with Gasteiger partial charge in [-0.05, 0) is 52.7 Å². The van der Waals surface area contributed by atoms with Crippen molar-refractivity contribution in [3.05, 3.63) is 29.8 Å². The molecule has 0 spiro atoms. The second-order valence-electron chi connectivity index (χ2n) is 7.78. The van der Waals surface area contributed by atoms with Gasteiger partial charge in [-0.1, -0.05) is 17.7 Å². The van der Waals surface area contributed by atoms with Crippen LogP contribution in [0.25, 0.3) is 0 Å². The molecule has 5 nitrogen and oxygen atoms in total. The normalized spacial score (nSPS) is 21.3. The Bertz CT molecular complexity index is 684. The molecular formula is C19H24N2O3. The Hall–Kier alpha value is -2.17. The van der Waals surface area contributed by atoms with Crippen molar-refractivity contribution in [2.75, 3.05) is 4.90 Å². The van der Waals surface area contributed by atoms with Crippen molar-refractivity contribution in [2.24, 2.45) is 5.92 Å². The first-order chi connectivity index (χ1) is 11.2. The summed E-state index contributed by atoms with van der Waals surface area (Å²) in [7, 11) is 0. The molecule has 0 radical (unpaired) electrons. The number of hydrogen-bond acceptors (Lipinski definition) is 3. The average molecular weight is 328 g/mol. The fourth-order valence-electron chi connectivity index (χ4n) is 3.26. The number of nitrogens with zero attached hydrogens (tertiary/aromatic N) is 2. The van der Waals surface area contributed by atoms with Gasteiger partial charge in [0.2, 0.25) is 11.8 Å². The van der Waals surface area contributed by atoms with Crippen molar-refractivity contribution >= 4 is 23.4 Å². The molecular weight excluding hydrogens is 304 g/mol. The highest BCUT2D eigenvalue weighted by atomic mass is 16.2. The third kappa shape index (κ3) is 2.95. The number of carbonyl (C=O) groups is 3. The maximum atomic E-state index is 12.9. The minimum atomic E-state index is -0.702. The van der Waals surface area contributed by atoms with Gasteiger partial charge < -0.3 is 4.90 Å². The van der Waals surface area contributed by atoms with Gasteiger partial charge in [-0.3, -0.25) is 14.4 Å². The van der Waals surface area contributed by atoms with Crippen LogP contribution in [0.3, 0.4) is 0 Å². The fraction of sp³-hybridized carbons (Fsp3) is 0.526. The van der Waals surface area contributed by atoms with E-state index in [4.69, 9.17) is 0 Å². The summed E-state index contributed by atoms with van der Waals surface area (Å²) >= 11 is 0. The van der Waals surface area contributed by atoms with Crippen LogP contribution in [0.1, 0.15) is 45.6 Å². The lowest BCUT2D eigenvalue weighted by molar-refractivity contribution is -0.145. The second kappa shape index (κ2) is 5.72. The van der Waals surface area contributed by atoms with Crippen LogP contribution in [-0.2, 0) is 14.4 Å². The maximum Gasteiger partial charge on any atom is 0.257 e. The summed E-state index contributed by atoms with van der Waals surface area (Å²) in [5.41, 5.74) is 1.14. The van der Waals surface area contributed by atoms with Crippen molar-refractivity contribution in [1.29, 1.82) is 0 Å². The summed E-state index contributed by atoms with van der Waals surface area (Å²) in [4.78, 5) is 41.0. The van der Waals surface area contributed by atoms with Crippen molar-refractivity contribution in [3.63, 3.8) is 0 Å². The Labute approximate surface area is 142 Å². The molecule has 3 amide bonds. The predicted molar refractivity (Wildman–Crippen MR) is 91.4 cm³/mol. The summed E-state index contributed by atoms with van der Waals surface area (Å²) in [6, 6.07) is 6.60. The van der Waals surface area contributed by atoms with Crippen molar-refractivity contribution in [1.82, 2.24) is 4.90 Å². The summed E-state index contributed by atoms with van der Waals surface area (Å²) in [6.07, 6.45) is 1.81. The highest BCUT2D eigenvalue weighted by Gasteiger charge is 2.49. The first-order valence-corrected chi connectivity index (χ1v) is 8.47. The van der Waals surface area contributed by atoms with Crippen LogP contribution >= 0.6 is 0 Å².